The Kier molecular flexibility index (Phi) is 7.15. The third kappa shape index (κ3) is 5.22. The van der Waals surface area contributed by atoms with Crippen LogP contribution in [0.1, 0.15) is 73.6 Å². The van der Waals surface area contributed by atoms with Crippen molar-refractivity contribution < 1.29 is 5.11 Å². The van der Waals surface area contributed by atoms with Crippen LogP contribution in [0.5, 0.6) is 0 Å². The molecule has 1 aliphatic rings. The molecular weight excluding hydrogens is 260 g/mol. The topological polar surface area (TPSA) is 35.5 Å². The molecule has 1 rings (SSSR count). The molecule has 0 spiro atoms. The van der Waals surface area contributed by atoms with Gasteiger partial charge in [-0.05, 0) is 51.6 Å². The minimum Gasteiger partial charge on any atom is -0.394 e. The SMILES string of the molecule is CCC1(CC)CCN(C(C)CC(C)(CO)NC(C)C)CC1. The zero-order valence-corrected chi connectivity index (χ0v) is 15.2. The van der Waals surface area contributed by atoms with Crippen LogP contribution in [-0.2, 0) is 0 Å². The molecule has 1 heterocycles. The third-order valence-corrected chi connectivity index (χ3v) is 5.71. The van der Waals surface area contributed by atoms with Crippen LogP contribution in [0, 0.1) is 5.41 Å². The Labute approximate surface area is 132 Å². The number of piperidine rings is 1. The third-order valence-electron chi connectivity index (χ3n) is 5.71. The van der Waals surface area contributed by atoms with Crippen LogP contribution in [0.2, 0.25) is 0 Å². The van der Waals surface area contributed by atoms with E-state index in [1.165, 1.54) is 38.8 Å². The van der Waals surface area contributed by atoms with E-state index in [4.69, 9.17) is 0 Å². The molecule has 3 nitrogen and oxygen atoms in total. The van der Waals surface area contributed by atoms with Crippen LogP contribution in [0.15, 0.2) is 0 Å². The molecule has 0 saturated carbocycles. The standard InChI is InChI=1S/C18H38N2O/c1-7-18(8-2)9-11-20(12-10-18)16(5)13-17(6,14-21)19-15(3)4/h15-16,19,21H,7-14H2,1-6H3. The monoisotopic (exact) mass is 298 g/mol. The average Bonchev–Trinajstić information content (AvgIpc) is 2.46. The normalized spacial score (nSPS) is 24.0. The van der Waals surface area contributed by atoms with Crippen LogP contribution in [0.4, 0.5) is 0 Å². The van der Waals surface area contributed by atoms with Gasteiger partial charge in [-0.1, -0.05) is 40.5 Å². The molecule has 126 valence electrons. The van der Waals surface area contributed by atoms with Gasteiger partial charge < -0.3 is 15.3 Å². The summed E-state index contributed by atoms with van der Waals surface area (Å²) >= 11 is 0. The van der Waals surface area contributed by atoms with Gasteiger partial charge >= 0.3 is 0 Å². The van der Waals surface area contributed by atoms with Gasteiger partial charge in [-0.2, -0.15) is 0 Å². The van der Waals surface area contributed by atoms with Crippen molar-refractivity contribution in [2.75, 3.05) is 19.7 Å². The highest BCUT2D eigenvalue weighted by Gasteiger charge is 2.35. The van der Waals surface area contributed by atoms with Gasteiger partial charge in [0.25, 0.3) is 0 Å². The quantitative estimate of drug-likeness (QED) is 0.721. The molecule has 0 aromatic carbocycles. The summed E-state index contributed by atoms with van der Waals surface area (Å²) in [5, 5.41) is 13.3. The molecule has 0 aromatic heterocycles. The van der Waals surface area contributed by atoms with Crippen LogP contribution in [0.25, 0.3) is 0 Å². The van der Waals surface area contributed by atoms with Crippen LogP contribution in [0.3, 0.4) is 0 Å². The summed E-state index contributed by atoms with van der Waals surface area (Å²) in [6.45, 7) is 16.1. The highest BCUT2D eigenvalue weighted by atomic mass is 16.3. The van der Waals surface area contributed by atoms with E-state index in [9.17, 15) is 5.11 Å². The Balaban J connectivity index is 2.55. The molecule has 0 aliphatic carbocycles. The molecule has 0 radical (unpaired) electrons. The minimum atomic E-state index is -0.169. The van der Waals surface area contributed by atoms with Crippen molar-refractivity contribution in [1.82, 2.24) is 10.2 Å². The first kappa shape index (κ1) is 18.9. The summed E-state index contributed by atoms with van der Waals surface area (Å²) in [6.07, 6.45) is 6.30. The maximum absolute atomic E-state index is 9.76. The number of hydrogen-bond acceptors (Lipinski definition) is 3. The summed E-state index contributed by atoms with van der Waals surface area (Å²) in [5.74, 6) is 0. The maximum Gasteiger partial charge on any atom is 0.0611 e. The van der Waals surface area contributed by atoms with Gasteiger partial charge in [0.05, 0.1) is 6.61 Å². The number of hydrogen-bond donors (Lipinski definition) is 2. The second-order valence-corrected chi connectivity index (χ2v) is 7.81. The molecule has 21 heavy (non-hydrogen) atoms. The van der Waals surface area contributed by atoms with Crippen molar-refractivity contribution in [1.29, 1.82) is 0 Å². The van der Waals surface area contributed by atoms with E-state index < -0.39 is 0 Å². The van der Waals surface area contributed by atoms with Crippen LogP contribution < -0.4 is 5.32 Å². The molecule has 0 amide bonds. The lowest BCUT2D eigenvalue weighted by Crippen LogP contribution is -2.54. The van der Waals surface area contributed by atoms with E-state index in [2.05, 4.69) is 51.8 Å². The lowest BCUT2D eigenvalue weighted by atomic mass is 9.74. The van der Waals surface area contributed by atoms with Crippen LogP contribution >= 0.6 is 0 Å². The number of nitrogens with zero attached hydrogens (tertiary/aromatic N) is 1. The number of rotatable bonds is 8. The Morgan fingerprint density at radius 1 is 1.14 bits per heavy atom. The highest BCUT2D eigenvalue weighted by Crippen LogP contribution is 2.38. The van der Waals surface area contributed by atoms with Crippen molar-refractivity contribution >= 4 is 0 Å². The lowest BCUT2D eigenvalue weighted by molar-refractivity contribution is 0.0490. The zero-order valence-electron chi connectivity index (χ0n) is 15.2. The van der Waals surface area contributed by atoms with Gasteiger partial charge in [0.1, 0.15) is 0 Å². The average molecular weight is 299 g/mol. The van der Waals surface area contributed by atoms with Crippen molar-refractivity contribution in [3.63, 3.8) is 0 Å². The largest absolute Gasteiger partial charge is 0.394 e. The zero-order chi connectivity index (χ0) is 16.1. The first-order chi connectivity index (χ1) is 9.79. The van der Waals surface area contributed by atoms with E-state index in [0.717, 1.165) is 6.42 Å². The van der Waals surface area contributed by atoms with E-state index in [0.29, 0.717) is 17.5 Å². The molecule has 2 unspecified atom stereocenters. The number of nitrogens with one attached hydrogen (secondary N) is 1. The number of aliphatic hydroxyl groups excluding tert-OH is 1. The Morgan fingerprint density at radius 2 is 1.67 bits per heavy atom. The van der Waals surface area contributed by atoms with Crippen molar-refractivity contribution in [3.8, 4) is 0 Å². The predicted molar refractivity (Wildman–Crippen MR) is 91.7 cm³/mol. The summed E-state index contributed by atoms with van der Waals surface area (Å²) < 4.78 is 0. The molecule has 2 N–H and O–H groups in total. The Morgan fingerprint density at radius 3 is 2.05 bits per heavy atom. The number of aliphatic hydroxyl groups is 1. The summed E-state index contributed by atoms with van der Waals surface area (Å²) in [7, 11) is 0. The first-order valence-corrected chi connectivity index (χ1v) is 8.92. The van der Waals surface area contributed by atoms with E-state index in [1.54, 1.807) is 0 Å². The fourth-order valence-corrected chi connectivity index (χ4v) is 4.04. The van der Waals surface area contributed by atoms with E-state index in [1.807, 2.05) is 0 Å². The molecule has 1 aliphatic heterocycles. The molecule has 1 fully saturated rings. The van der Waals surface area contributed by atoms with Crippen LogP contribution in [-0.4, -0.2) is 47.3 Å². The molecule has 0 bridgehead atoms. The number of likely N-dealkylation sites (tertiary alicyclic amines) is 1. The molecule has 2 atom stereocenters. The van der Waals surface area contributed by atoms with Gasteiger partial charge in [0, 0.05) is 17.6 Å². The first-order valence-electron chi connectivity index (χ1n) is 8.92. The second-order valence-electron chi connectivity index (χ2n) is 7.81. The van der Waals surface area contributed by atoms with Crippen molar-refractivity contribution in [2.24, 2.45) is 5.41 Å². The minimum absolute atomic E-state index is 0.169. The van der Waals surface area contributed by atoms with Crippen molar-refractivity contribution in [2.45, 2.75) is 91.3 Å². The molecular formula is C18H38N2O. The molecule has 1 saturated heterocycles. The van der Waals surface area contributed by atoms with Gasteiger partial charge in [-0.15, -0.1) is 0 Å². The van der Waals surface area contributed by atoms with Crippen molar-refractivity contribution in [3.05, 3.63) is 0 Å². The van der Waals surface area contributed by atoms with Gasteiger partial charge in [0.15, 0.2) is 0 Å². The molecule has 0 aromatic rings. The molecule has 3 heteroatoms. The predicted octanol–water partition coefficient (Wildman–Crippen LogP) is 3.42. The Bertz CT molecular complexity index is 292. The van der Waals surface area contributed by atoms with E-state index >= 15 is 0 Å². The summed E-state index contributed by atoms with van der Waals surface area (Å²) in [6, 6.07) is 0.934. The fraction of sp³-hybridized carbons (Fsp3) is 1.00. The van der Waals surface area contributed by atoms with Gasteiger partial charge in [-0.3, -0.25) is 0 Å². The second kappa shape index (κ2) is 7.94. The highest BCUT2D eigenvalue weighted by molar-refractivity contribution is 4.91. The smallest absolute Gasteiger partial charge is 0.0611 e. The van der Waals surface area contributed by atoms with Gasteiger partial charge in [0.2, 0.25) is 0 Å². The van der Waals surface area contributed by atoms with Gasteiger partial charge in [-0.25, -0.2) is 0 Å². The summed E-state index contributed by atoms with van der Waals surface area (Å²) in [5.41, 5.74) is 0.421. The summed E-state index contributed by atoms with van der Waals surface area (Å²) in [4.78, 5) is 2.62. The van der Waals surface area contributed by atoms with E-state index in [-0.39, 0.29) is 12.1 Å². The maximum atomic E-state index is 9.76. The lowest BCUT2D eigenvalue weighted by Gasteiger charge is -2.45. The Hall–Kier alpha value is -0.120. The fourth-order valence-electron chi connectivity index (χ4n) is 4.04.